The number of fused-ring (bicyclic) bond motifs is 5. The van der Waals surface area contributed by atoms with Gasteiger partial charge in [-0.15, -0.1) is 0 Å². The van der Waals surface area contributed by atoms with Crippen molar-refractivity contribution in [2.75, 3.05) is 0 Å². The van der Waals surface area contributed by atoms with Crippen molar-refractivity contribution in [3.63, 3.8) is 0 Å². The number of nitrogens with zero attached hydrogens (tertiary/aromatic N) is 1. The maximum Gasteiger partial charge on any atom is 0.215 e. The Kier molecular flexibility index (Phi) is 3.16. The fourth-order valence-electron chi connectivity index (χ4n) is 5.65. The molecule has 0 N–H and O–H groups in total. The number of rotatable bonds is 1. The molecule has 0 amide bonds. The van der Waals surface area contributed by atoms with Crippen LogP contribution in [-0.2, 0) is 13.1 Å². The Morgan fingerprint density at radius 2 is 1.57 bits per heavy atom. The average Bonchev–Trinajstić information content (AvgIpc) is 3.02. The quantitative estimate of drug-likeness (QED) is 0.355. The van der Waals surface area contributed by atoms with E-state index in [0.717, 1.165) is 6.04 Å². The highest BCUT2D eigenvalue weighted by atomic mass is 28.3. The van der Waals surface area contributed by atoms with E-state index in [1.54, 1.807) is 10.4 Å². The van der Waals surface area contributed by atoms with Gasteiger partial charge in [0.2, 0.25) is 5.69 Å². The van der Waals surface area contributed by atoms with Crippen molar-refractivity contribution in [2.24, 2.45) is 7.05 Å². The summed E-state index contributed by atoms with van der Waals surface area (Å²) in [6.45, 7) is 2.28. The van der Waals surface area contributed by atoms with Crippen LogP contribution in [0.4, 0.5) is 0 Å². The highest BCUT2D eigenvalue weighted by molar-refractivity contribution is 7.14. The van der Waals surface area contributed by atoms with Crippen LogP contribution < -0.4 is 20.1 Å². The van der Waals surface area contributed by atoms with Crippen molar-refractivity contribution in [3.05, 3.63) is 96.2 Å². The van der Waals surface area contributed by atoms with E-state index in [1.807, 2.05) is 0 Å². The minimum Gasteiger partial charge on any atom is -0.201 e. The first-order chi connectivity index (χ1) is 13.7. The molecular formula is C26H22NSi+. The summed E-state index contributed by atoms with van der Waals surface area (Å²) in [4.78, 5) is 0. The van der Waals surface area contributed by atoms with Crippen LogP contribution in [0.15, 0.2) is 85.1 Å². The van der Waals surface area contributed by atoms with Gasteiger partial charge in [-0.2, -0.15) is 0 Å². The molecule has 0 spiro atoms. The van der Waals surface area contributed by atoms with Crippen LogP contribution in [0.25, 0.3) is 22.4 Å². The molecule has 6 rings (SSSR count). The van der Waals surface area contributed by atoms with E-state index in [9.17, 15) is 0 Å². The molecule has 1 unspecified atom stereocenters. The first-order valence-corrected chi connectivity index (χ1v) is 12.2. The summed E-state index contributed by atoms with van der Waals surface area (Å²) < 4.78 is 2.32. The van der Waals surface area contributed by atoms with Gasteiger partial charge < -0.3 is 0 Å². The summed E-state index contributed by atoms with van der Waals surface area (Å²) in [6, 6.07) is 30.9. The molecule has 3 aromatic carbocycles. The van der Waals surface area contributed by atoms with Gasteiger partial charge in [-0.3, -0.25) is 0 Å². The number of pyridine rings is 1. The SMILES string of the molecule is Cc1ccc2c3c1-c1c(ccc[n+]1C)C[Si]3(c1ccccc1)c1ccccc1-2. The monoisotopic (exact) mass is 376 g/mol. The minimum atomic E-state index is -2.10. The third kappa shape index (κ3) is 1.84. The Morgan fingerprint density at radius 1 is 0.786 bits per heavy atom. The number of benzene rings is 3. The maximum atomic E-state index is 2.40. The van der Waals surface area contributed by atoms with Crippen molar-refractivity contribution in [2.45, 2.75) is 13.0 Å². The van der Waals surface area contributed by atoms with E-state index in [1.165, 1.54) is 38.7 Å². The van der Waals surface area contributed by atoms with Crippen molar-refractivity contribution in [3.8, 4) is 22.4 Å². The second-order valence-corrected chi connectivity index (χ2v) is 11.9. The van der Waals surface area contributed by atoms with Gasteiger partial charge in [0, 0.05) is 17.2 Å². The second-order valence-electron chi connectivity index (χ2n) is 8.17. The molecule has 0 bridgehead atoms. The molecule has 1 nitrogen and oxygen atoms in total. The Hall–Kier alpha value is -2.97. The molecule has 28 heavy (non-hydrogen) atoms. The van der Waals surface area contributed by atoms with E-state index in [2.05, 4.69) is 104 Å². The molecule has 3 heterocycles. The van der Waals surface area contributed by atoms with E-state index in [0.29, 0.717) is 0 Å². The second kappa shape index (κ2) is 5.52. The molecule has 0 radical (unpaired) electrons. The number of aryl methyl sites for hydroxylation is 2. The van der Waals surface area contributed by atoms with E-state index in [4.69, 9.17) is 0 Å². The van der Waals surface area contributed by atoms with Crippen LogP contribution in [0.5, 0.6) is 0 Å². The Balaban J connectivity index is 1.85. The van der Waals surface area contributed by atoms with Gasteiger partial charge >= 0.3 is 0 Å². The van der Waals surface area contributed by atoms with Gasteiger partial charge in [0.05, 0.1) is 0 Å². The largest absolute Gasteiger partial charge is 0.215 e. The molecule has 4 aromatic rings. The summed E-state index contributed by atoms with van der Waals surface area (Å²) in [7, 11) is 0.0909. The summed E-state index contributed by atoms with van der Waals surface area (Å²) in [5, 5.41) is 4.75. The molecule has 2 aliphatic heterocycles. The van der Waals surface area contributed by atoms with E-state index >= 15 is 0 Å². The highest BCUT2D eigenvalue weighted by Crippen LogP contribution is 2.40. The fraction of sp³-hybridized carbons (Fsp3) is 0.115. The zero-order valence-electron chi connectivity index (χ0n) is 16.2. The predicted molar refractivity (Wildman–Crippen MR) is 118 cm³/mol. The molecule has 0 saturated carbocycles. The molecule has 0 saturated heterocycles. The number of hydrogen-bond donors (Lipinski definition) is 0. The van der Waals surface area contributed by atoms with Crippen LogP contribution in [0, 0.1) is 6.92 Å². The lowest BCUT2D eigenvalue weighted by atomic mass is 9.95. The number of aromatic nitrogens is 1. The number of hydrogen-bond acceptors (Lipinski definition) is 0. The van der Waals surface area contributed by atoms with Crippen LogP contribution in [0.2, 0.25) is 0 Å². The van der Waals surface area contributed by atoms with Crippen LogP contribution in [0.3, 0.4) is 0 Å². The van der Waals surface area contributed by atoms with Crippen LogP contribution >= 0.6 is 0 Å². The lowest BCUT2D eigenvalue weighted by molar-refractivity contribution is -0.660. The minimum absolute atomic E-state index is 1.14. The average molecular weight is 377 g/mol. The van der Waals surface area contributed by atoms with Gasteiger partial charge in [-0.25, -0.2) is 4.57 Å². The van der Waals surface area contributed by atoms with Gasteiger partial charge in [-0.1, -0.05) is 66.7 Å². The van der Waals surface area contributed by atoms with Gasteiger partial charge in [0.25, 0.3) is 0 Å². The first kappa shape index (κ1) is 16.0. The molecule has 1 aromatic heterocycles. The lowest BCUT2D eigenvalue weighted by Crippen LogP contribution is -2.69. The smallest absolute Gasteiger partial charge is 0.201 e. The molecule has 0 fully saturated rings. The summed E-state index contributed by atoms with van der Waals surface area (Å²) in [5.74, 6) is 0. The lowest BCUT2D eigenvalue weighted by Gasteiger charge is -2.35. The molecule has 1 atom stereocenters. The van der Waals surface area contributed by atoms with Crippen molar-refractivity contribution in [1.29, 1.82) is 0 Å². The normalized spacial score (nSPS) is 18.4. The molecule has 134 valence electrons. The summed E-state index contributed by atoms with van der Waals surface area (Å²) in [5.41, 5.74) is 8.68. The molecular weight excluding hydrogens is 354 g/mol. The third-order valence-electron chi connectivity index (χ3n) is 6.74. The van der Waals surface area contributed by atoms with Gasteiger partial charge in [-0.05, 0) is 51.3 Å². The van der Waals surface area contributed by atoms with Crippen molar-refractivity contribution < 1.29 is 4.57 Å². The molecule has 2 aliphatic rings. The molecule has 0 aliphatic carbocycles. The van der Waals surface area contributed by atoms with E-state index in [-0.39, 0.29) is 0 Å². The van der Waals surface area contributed by atoms with Crippen molar-refractivity contribution in [1.82, 2.24) is 0 Å². The Morgan fingerprint density at radius 3 is 2.43 bits per heavy atom. The topological polar surface area (TPSA) is 3.88 Å². The van der Waals surface area contributed by atoms with Crippen molar-refractivity contribution >= 4 is 23.6 Å². The van der Waals surface area contributed by atoms with Gasteiger partial charge in [0.15, 0.2) is 14.3 Å². The van der Waals surface area contributed by atoms with Crippen LogP contribution in [-0.4, -0.2) is 8.07 Å². The zero-order chi connectivity index (χ0) is 18.9. The third-order valence-corrected chi connectivity index (χ3v) is 11.7. The zero-order valence-corrected chi connectivity index (χ0v) is 17.2. The molecule has 2 heteroatoms. The predicted octanol–water partition coefficient (Wildman–Crippen LogP) is 3.03. The van der Waals surface area contributed by atoms with Gasteiger partial charge in [0.1, 0.15) is 7.05 Å². The Labute approximate surface area is 166 Å². The van der Waals surface area contributed by atoms with Crippen LogP contribution in [0.1, 0.15) is 11.1 Å². The van der Waals surface area contributed by atoms with E-state index < -0.39 is 8.07 Å². The standard InChI is InChI=1S/C26H22NSi/c1-18-14-15-22-21-12-6-7-13-23(21)28(20-10-4-3-5-11-20)17-19-9-8-16-27(2)25(19)24(18)26(22)28/h3-16H,17H2,1-2H3/q+1. The first-order valence-electron chi connectivity index (χ1n) is 9.99. The summed E-state index contributed by atoms with van der Waals surface area (Å²) in [6.07, 6.45) is 2.19. The highest BCUT2D eigenvalue weighted by Gasteiger charge is 2.52. The Bertz CT molecular complexity index is 1260. The fourth-order valence-corrected chi connectivity index (χ4v) is 11.2. The maximum absolute atomic E-state index is 2.40. The summed E-state index contributed by atoms with van der Waals surface area (Å²) >= 11 is 0.